The van der Waals surface area contributed by atoms with Crippen LogP contribution in [0, 0.1) is 17.8 Å². The van der Waals surface area contributed by atoms with Crippen molar-refractivity contribution in [2.24, 2.45) is 17.8 Å². The Balaban J connectivity index is 2.30. The fourth-order valence-corrected chi connectivity index (χ4v) is 3.95. The Morgan fingerprint density at radius 3 is 2.47 bits per heavy atom. The molecule has 2 bridgehead atoms. The Morgan fingerprint density at radius 1 is 1.29 bits per heavy atom. The molecule has 0 radical (unpaired) electrons. The second kappa shape index (κ2) is 4.52. The van der Waals surface area contributed by atoms with Gasteiger partial charge in [0.1, 0.15) is 6.10 Å². The lowest BCUT2D eigenvalue weighted by molar-refractivity contribution is -0.243. The monoisotopic (exact) mass is 241 g/mol. The summed E-state index contributed by atoms with van der Waals surface area (Å²) in [5.41, 5.74) is -0.000579. The van der Waals surface area contributed by atoms with Crippen LogP contribution in [0.3, 0.4) is 0 Å². The van der Waals surface area contributed by atoms with E-state index in [1.807, 2.05) is 12.1 Å². The number of nitrogens with zero attached hydrogens (tertiary/aromatic N) is 1. The van der Waals surface area contributed by atoms with Gasteiger partial charge in [-0.25, -0.2) is 0 Å². The summed E-state index contributed by atoms with van der Waals surface area (Å²) in [6, 6.07) is 0. The molecule has 0 aromatic heterocycles. The van der Waals surface area contributed by atoms with Gasteiger partial charge in [0.15, 0.2) is 0 Å². The molecule has 2 rings (SSSR count). The lowest BCUT2D eigenvalue weighted by Crippen LogP contribution is -2.55. The molecule has 3 nitrogen and oxygen atoms in total. The molecule has 2 aliphatic heterocycles. The van der Waals surface area contributed by atoms with Gasteiger partial charge < -0.3 is 4.74 Å². The van der Waals surface area contributed by atoms with Crippen molar-refractivity contribution in [3.05, 3.63) is 0 Å². The zero-order valence-corrected chi connectivity index (χ0v) is 12.1. The summed E-state index contributed by atoms with van der Waals surface area (Å²) in [5.74, 6) is 1.79. The number of hydroxylamine groups is 2. The predicted molar refractivity (Wildman–Crippen MR) is 68.6 cm³/mol. The van der Waals surface area contributed by atoms with Crippen molar-refractivity contribution in [1.29, 1.82) is 0 Å². The highest BCUT2D eigenvalue weighted by atomic mass is 16.7. The van der Waals surface area contributed by atoms with Crippen LogP contribution in [0.4, 0.5) is 0 Å². The molecule has 0 aliphatic carbocycles. The first-order valence-corrected chi connectivity index (χ1v) is 6.91. The van der Waals surface area contributed by atoms with Crippen molar-refractivity contribution >= 4 is 0 Å². The molecule has 2 heterocycles. The second-order valence-corrected chi connectivity index (χ2v) is 6.61. The van der Waals surface area contributed by atoms with E-state index in [-0.39, 0.29) is 17.8 Å². The van der Waals surface area contributed by atoms with E-state index in [1.165, 1.54) is 0 Å². The van der Waals surface area contributed by atoms with E-state index in [1.54, 1.807) is 0 Å². The quantitative estimate of drug-likeness (QED) is 0.758. The highest BCUT2D eigenvalue weighted by molar-refractivity contribution is 5.05. The third kappa shape index (κ3) is 2.25. The summed E-state index contributed by atoms with van der Waals surface area (Å²) in [7, 11) is 2.03. The van der Waals surface area contributed by atoms with Crippen LogP contribution in [0.25, 0.3) is 0 Å². The minimum Gasteiger partial charge on any atom is -0.367 e. The van der Waals surface area contributed by atoms with Gasteiger partial charge in [0.25, 0.3) is 0 Å². The van der Waals surface area contributed by atoms with Crippen LogP contribution < -0.4 is 0 Å². The van der Waals surface area contributed by atoms with Gasteiger partial charge in [0.2, 0.25) is 0 Å². The standard InChI is InChI=1S/C14H27NO2/c1-9(2)7-14-8-15(6)17-13(11(5)16-14)12(14)10(3)4/h9-13H,7-8H2,1-6H3/t11-,12?,13+,14-/m0/s1. The highest BCUT2D eigenvalue weighted by Gasteiger charge is 2.59. The fourth-order valence-electron chi connectivity index (χ4n) is 3.95. The molecule has 2 fully saturated rings. The van der Waals surface area contributed by atoms with Crippen molar-refractivity contribution in [3.63, 3.8) is 0 Å². The first kappa shape index (κ1) is 13.3. The van der Waals surface area contributed by atoms with Crippen LogP contribution in [-0.4, -0.2) is 36.5 Å². The van der Waals surface area contributed by atoms with Crippen molar-refractivity contribution < 1.29 is 9.57 Å². The van der Waals surface area contributed by atoms with Gasteiger partial charge in [-0.1, -0.05) is 27.7 Å². The van der Waals surface area contributed by atoms with Crippen LogP contribution in [0.5, 0.6) is 0 Å². The molecular formula is C14H27NO2. The average Bonchev–Trinajstić information content (AvgIpc) is 2.30. The molecule has 3 heteroatoms. The zero-order chi connectivity index (χ0) is 12.8. The largest absolute Gasteiger partial charge is 0.367 e. The minimum absolute atomic E-state index is 0.000579. The molecular weight excluding hydrogens is 214 g/mol. The minimum atomic E-state index is -0.000579. The Labute approximate surface area is 105 Å². The van der Waals surface area contributed by atoms with E-state index in [0.29, 0.717) is 17.8 Å². The SMILES string of the molecule is CC(C)C[C@]12CN(C)O[C@@H](C1C(C)C)[C@H](C)O2. The van der Waals surface area contributed by atoms with Gasteiger partial charge in [0.05, 0.1) is 18.2 Å². The van der Waals surface area contributed by atoms with E-state index in [9.17, 15) is 0 Å². The summed E-state index contributed by atoms with van der Waals surface area (Å²) in [4.78, 5) is 5.98. The lowest BCUT2D eigenvalue weighted by atomic mass is 9.73. The molecule has 0 aromatic rings. The maximum Gasteiger partial charge on any atom is 0.111 e. The summed E-state index contributed by atoms with van der Waals surface area (Å²) in [6.07, 6.45) is 1.57. The van der Waals surface area contributed by atoms with E-state index in [4.69, 9.17) is 9.57 Å². The molecule has 2 aliphatic rings. The molecule has 0 saturated carbocycles. The molecule has 0 aromatic carbocycles. The molecule has 17 heavy (non-hydrogen) atoms. The molecule has 0 N–H and O–H groups in total. The molecule has 0 amide bonds. The van der Waals surface area contributed by atoms with Crippen molar-refractivity contribution in [1.82, 2.24) is 5.06 Å². The van der Waals surface area contributed by atoms with Crippen molar-refractivity contribution in [2.45, 2.75) is 58.8 Å². The van der Waals surface area contributed by atoms with Crippen LogP contribution >= 0.6 is 0 Å². The van der Waals surface area contributed by atoms with Crippen LogP contribution in [-0.2, 0) is 9.57 Å². The van der Waals surface area contributed by atoms with Crippen LogP contribution in [0.2, 0.25) is 0 Å². The van der Waals surface area contributed by atoms with Gasteiger partial charge in [-0.05, 0) is 25.2 Å². The van der Waals surface area contributed by atoms with Gasteiger partial charge in [-0.15, -0.1) is 0 Å². The summed E-state index contributed by atoms with van der Waals surface area (Å²) in [5, 5.41) is 1.98. The maximum absolute atomic E-state index is 6.36. The van der Waals surface area contributed by atoms with E-state index in [0.717, 1.165) is 13.0 Å². The van der Waals surface area contributed by atoms with Gasteiger partial charge in [-0.3, -0.25) is 4.84 Å². The third-order valence-corrected chi connectivity index (χ3v) is 4.11. The Bertz CT molecular complexity index is 270. The maximum atomic E-state index is 6.36. The zero-order valence-electron chi connectivity index (χ0n) is 12.1. The Morgan fingerprint density at radius 2 is 1.94 bits per heavy atom. The van der Waals surface area contributed by atoms with Crippen molar-refractivity contribution in [3.8, 4) is 0 Å². The predicted octanol–water partition coefficient (Wildman–Crippen LogP) is 2.71. The average molecular weight is 241 g/mol. The first-order valence-electron chi connectivity index (χ1n) is 6.91. The highest BCUT2D eigenvalue weighted by Crippen LogP contribution is 2.49. The van der Waals surface area contributed by atoms with E-state index >= 15 is 0 Å². The van der Waals surface area contributed by atoms with Crippen LogP contribution in [0.1, 0.15) is 41.0 Å². The summed E-state index contributed by atoms with van der Waals surface area (Å²) >= 11 is 0. The van der Waals surface area contributed by atoms with E-state index in [2.05, 4.69) is 34.6 Å². The first-order chi connectivity index (χ1) is 7.85. The lowest BCUT2D eigenvalue weighted by Gasteiger charge is -2.45. The molecule has 100 valence electrons. The van der Waals surface area contributed by atoms with Gasteiger partial charge >= 0.3 is 0 Å². The summed E-state index contributed by atoms with van der Waals surface area (Å²) < 4.78 is 6.36. The van der Waals surface area contributed by atoms with E-state index < -0.39 is 0 Å². The molecule has 1 unspecified atom stereocenters. The Kier molecular flexibility index (Phi) is 3.54. The smallest absolute Gasteiger partial charge is 0.111 e. The number of hydrogen-bond acceptors (Lipinski definition) is 3. The number of ether oxygens (including phenoxy) is 1. The van der Waals surface area contributed by atoms with Crippen molar-refractivity contribution in [2.75, 3.05) is 13.6 Å². The Hall–Kier alpha value is -0.120. The third-order valence-electron chi connectivity index (χ3n) is 4.11. The fraction of sp³-hybridized carbons (Fsp3) is 1.00. The summed E-state index contributed by atoms with van der Waals surface area (Å²) in [6.45, 7) is 12.2. The normalized spacial score (nSPS) is 42.7. The number of rotatable bonds is 3. The molecule has 0 spiro atoms. The molecule has 4 atom stereocenters. The second-order valence-electron chi connectivity index (χ2n) is 6.61. The number of likely N-dealkylation sites (N-methyl/N-ethyl adjacent to an activating group) is 1. The topological polar surface area (TPSA) is 21.7 Å². The van der Waals surface area contributed by atoms with Gasteiger partial charge in [0, 0.05) is 13.0 Å². The van der Waals surface area contributed by atoms with Crippen LogP contribution in [0.15, 0.2) is 0 Å². The number of hydrogen-bond donors (Lipinski definition) is 0. The molecule has 2 saturated heterocycles. The number of fused-ring (bicyclic) bond motifs is 2. The van der Waals surface area contributed by atoms with Gasteiger partial charge in [-0.2, -0.15) is 5.06 Å².